The maximum atomic E-state index is 13.0. The number of quaternary nitrogens is 1. The number of rotatable bonds is 59. The molecule has 0 aliphatic heterocycles. The Morgan fingerprint density at radius 3 is 1.10 bits per heavy atom. The van der Waals surface area contributed by atoms with E-state index in [9.17, 15) is 19.4 Å². The summed E-state index contributed by atoms with van der Waals surface area (Å²) in [6.45, 7) is 4.77. The normalized spacial score (nSPS) is 14.5. The van der Waals surface area contributed by atoms with Crippen molar-refractivity contribution in [2.24, 2.45) is 0 Å². The van der Waals surface area contributed by atoms with E-state index in [0.717, 1.165) is 103 Å². The Hall–Kier alpha value is -2.84. The Labute approximate surface area is 489 Å². The molecule has 3 unspecified atom stereocenters. The monoisotopic (exact) mass is 1120 g/mol. The van der Waals surface area contributed by atoms with Gasteiger partial charge in [-0.2, -0.15) is 0 Å². The second-order valence-corrected chi connectivity index (χ2v) is 24.6. The van der Waals surface area contributed by atoms with Crippen LogP contribution in [0.15, 0.2) is 109 Å². The summed E-state index contributed by atoms with van der Waals surface area (Å²) in [5.41, 5.74) is 0. The first kappa shape index (κ1) is 76.2. The standard InChI is InChI=1S/C70H125N2O6P/c1-6-8-10-12-14-16-18-20-22-24-26-28-30-32-34-35-36-37-38-40-42-44-46-48-50-52-54-56-58-60-62-64-70(74)71-68(67-78-79(75,76)77-66-65-72(3,4)5)69(73)63-61-59-57-55-53-51-49-47-45-43-41-39-33-31-29-27-25-23-21-19-17-15-13-11-9-7-2/h8,10,14,16,20,22,26,28,32,34,36-37,40,42,46,48,52,54,68-69,73H,6-7,9,11-13,15,17-19,21,23-25,27,29-31,33,35,38-39,41,43-45,47,49-51,53,55-67H2,1-5H3,(H-,71,74,75,76)/p+1/b10-8-,16-14-,22-20-,28-26-,34-32-,37-36-,42-40-,48-46-,54-52-. The average molecular weight is 1120 g/mol. The third-order valence-electron chi connectivity index (χ3n) is 14.3. The smallest absolute Gasteiger partial charge is 0.391 e. The van der Waals surface area contributed by atoms with Gasteiger partial charge in [0.1, 0.15) is 13.2 Å². The van der Waals surface area contributed by atoms with Gasteiger partial charge in [-0.3, -0.25) is 13.8 Å². The van der Waals surface area contributed by atoms with Crippen molar-refractivity contribution >= 4 is 13.7 Å². The molecule has 0 bridgehead atoms. The van der Waals surface area contributed by atoms with Gasteiger partial charge < -0.3 is 19.8 Å². The van der Waals surface area contributed by atoms with Crippen molar-refractivity contribution in [2.75, 3.05) is 40.9 Å². The molecule has 0 rings (SSSR count). The van der Waals surface area contributed by atoms with Crippen molar-refractivity contribution in [3.63, 3.8) is 0 Å². The molecule has 0 saturated heterocycles. The zero-order chi connectivity index (χ0) is 57.7. The summed E-state index contributed by atoms with van der Waals surface area (Å²) >= 11 is 0. The highest BCUT2D eigenvalue weighted by Gasteiger charge is 2.28. The molecule has 0 fully saturated rings. The van der Waals surface area contributed by atoms with Crippen LogP contribution in [0.1, 0.15) is 277 Å². The van der Waals surface area contributed by atoms with E-state index in [-0.39, 0.29) is 19.1 Å². The number of unbranched alkanes of at least 4 members (excludes halogenated alkanes) is 28. The van der Waals surface area contributed by atoms with E-state index in [1.165, 1.54) is 148 Å². The van der Waals surface area contributed by atoms with Crippen LogP contribution in [0.4, 0.5) is 0 Å². The Bertz CT molecular complexity index is 1650. The molecule has 8 nitrogen and oxygen atoms in total. The van der Waals surface area contributed by atoms with Gasteiger partial charge in [0.2, 0.25) is 5.91 Å². The first-order valence-electron chi connectivity index (χ1n) is 32.8. The van der Waals surface area contributed by atoms with Gasteiger partial charge in [-0.1, -0.05) is 297 Å². The summed E-state index contributed by atoms with van der Waals surface area (Å²) in [5.74, 6) is -0.177. The van der Waals surface area contributed by atoms with Crippen molar-refractivity contribution in [3.8, 4) is 0 Å². The number of phosphoric acid groups is 1. The molecule has 0 aliphatic carbocycles. The van der Waals surface area contributed by atoms with Crippen LogP contribution >= 0.6 is 7.82 Å². The molecule has 0 aromatic heterocycles. The van der Waals surface area contributed by atoms with Crippen LogP contribution in [0.5, 0.6) is 0 Å². The lowest BCUT2D eigenvalue weighted by Gasteiger charge is -2.26. The van der Waals surface area contributed by atoms with Crippen molar-refractivity contribution in [1.82, 2.24) is 5.32 Å². The predicted molar refractivity (Wildman–Crippen MR) is 345 cm³/mol. The SMILES string of the molecule is CC/C=C\C/C=C\C/C=C\C/C=C\C/C=C\C/C=C\C/C=C\C/C=C\C/C=C\CCCCCC(=O)NC(COP(=O)(O)OCC[N+](C)(C)C)C(O)CCCCCCCCCCCCCCCCCCCCCCCCCCCC. The summed E-state index contributed by atoms with van der Waals surface area (Å²) in [4.78, 5) is 23.4. The highest BCUT2D eigenvalue weighted by atomic mass is 31.2. The van der Waals surface area contributed by atoms with Gasteiger partial charge in [-0.15, -0.1) is 0 Å². The van der Waals surface area contributed by atoms with Crippen LogP contribution in [0, 0.1) is 0 Å². The number of phosphoric ester groups is 1. The molecule has 9 heteroatoms. The van der Waals surface area contributed by atoms with Gasteiger partial charge in [0.25, 0.3) is 0 Å². The van der Waals surface area contributed by atoms with Crippen molar-refractivity contribution in [3.05, 3.63) is 109 Å². The lowest BCUT2D eigenvalue weighted by Crippen LogP contribution is -2.46. The lowest BCUT2D eigenvalue weighted by molar-refractivity contribution is -0.870. The second kappa shape index (κ2) is 59.8. The van der Waals surface area contributed by atoms with Gasteiger partial charge in [-0.25, -0.2) is 4.57 Å². The summed E-state index contributed by atoms with van der Waals surface area (Å²) in [6.07, 6.45) is 87.4. The average Bonchev–Trinajstić information content (AvgIpc) is 3.42. The fourth-order valence-corrected chi connectivity index (χ4v) is 9.95. The predicted octanol–water partition coefficient (Wildman–Crippen LogP) is 20.7. The van der Waals surface area contributed by atoms with Crippen molar-refractivity contribution in [1.29, 1.82) is 0 Å². The third-order valence-corrected chi connectivity index (χ3v) is 15.3. The number of aliphatic hydroxyl groups excluding tert-OH is 1. The molecule has 0 radical (unpaired) electrons. The van der Waals surface area contributed by atoms with Crippen LogP contribution in [0.2, 0.25) is 0 Å². The van der Waals surface area contributed by atoms with Crippen molar-refractivity contribution in [2.45, 2.75) is 289 Å². The first-order valence-corrected chi connectivity index (χ1v) is 34.2. The molecule has 3 atom stereocenters. The molecule has 1 amide bonds. The Balaban J connectivity index is 4.22. The quantitative estimate of drug-likeness (QED) is 0.0243. The molecule has 0 spiro atoms. The fourth-order valence-electron chi connectivity index (χ4n) is 9.22. The van der Waals surface area contributed by atoms with E-state index in [1.807, 2.05) is 21.1 Å². The van der Waals surface area contributed by atoms with E-state index in [1.54, 1.807) is 0 Å². The minimum atomic E-state index is -4.35. The number of amides is 1. The molecular formula is C70H126N2O6P+. The number of hydrogen-bond donors (Lipinski definition) is 3. The number of allylic oxidation sites excluding steroid dienone is 18. The highest BCUT2D eigenvalue weighted by Crippen LogP contribution is 2.43. The Morgan fingerprint density at radius 2 is 0.759 bits per heavy atom. The molecule has 0 aliphatic rings. The van der Waals surface area contributed by atoms with Gasteiger partial charge in [-0.05, 0) is 83.5 Å². The molecular weight excluding hydrogens is 996 g/mol. The zero-order valence-electron chi connectivity index (χ0n) is 52.1. The van der Waals surface area contributed by atoms with Gasteiger partial charge in [0, 0.05) is 6.42 Å². The van der Waals surface area contributed by atoms with Crippen LogP contribution < -0.4 is 5.32 Å². The Morgan fingerprint density at radius 1 is 0.443 bits per heavy atom. The van der Waals surface area contributed by atoms with Crippen LogP contribution in [0.3, 0.4) is 0 Å². The molecule has 0 heterocycles. The number of nitrogens with zero attached hydrogens (tertiary/aromatic N) is 1. The highest BCUT2D eigenvalue weighted by molar-refractivity contribution is 7.47. The van der Waals surface area contributed by atoms with Crippen LogP contribution in [-0.2, 0) is 18.4 Å². The number of aliphatic hydroxyl groups is 1. The molecule has 0 aromatic rings. The number of carbonyl (C=O) groups excluding carboxylic acids is 1. The van der Waals surface area contributed by atoms with Gasteiger partial charge >= 0.3 is 7.82 Å². The number of carbonyl (C=O) groups is 1. The van der Waals surface area contributed by atoms with Crippen LogP contribution in [0.25, 0.3) is 0 Å². The van der Waals surface area contributed by atoms with E-state index in [2.05, 4.69) is 129 Å². The summed E-state index contributed by atoms with van der Waals surface area (Å²) in [5, 5.41) is 14.1. The topological polar surface area (TPSA) is 105 Å². The van der Waals surface area contributed by atoms with Gasteiger partial charge in [0.15, 0.2) is 0 Å². The first-order chi connectivity index (χ1) is 38.5. The summed E-state index contributed by atoms with van der Waals surface area (Å²) in [7, 11) is 1.58. The number of likely N-dealkylation sites (N-methyl/N-ethyl adjacent to an activating group) is 1. The second-order valence-electron chi connectivity index (χ2n) is 23.1. The third kappa shape index (κ3) is 62.6. The largest absolute Gasteiger partial charge is 0.472 e. The molecule has 3 N–H and O–H groups in total. The maximum Gasteiger partial charge on any atom is 0.472 e. The summed E-state index contributed by atoms with van der Waals surface area (Å²) < 4.78 is 23.8. The summed E-state index contributed by atoms with van der Waals surface area (Å²) in [6, 6.07) is -0.789. The Kier molecular flexibility index (Phi) is 57.6. The van der Waals surface area contributed by atoms with E-state index in [0.29, 0.717) is 23.9 Å². The van der Waals surface area contributed by atoms with Gasteiger partial charge in [0.05, 0.1) is 39.9 Å². The van der Waals surface area contributed by atoms with Crippen molar-refractivity contribution < 1.29 is 32.9 Å². The number of nitrogens with one attached hydrogen (secondary N) is 1. The number of hydrogen-bond acceptors (Lipinski definition) is 5. The molecule has 456 valence electrons. The minimum absolute atomic E-state index is 0.0623. The molecule has 79 heavy (non-hydrogen) atoms. The molecule has 0 saturated carbocycles. The van der Waals surface area contributed by atoms with E-state index >= 15 is 0 Å². The van der Waals surface area contributed by atoms with E-state index in [4.69, 9.17) is 9.05 Å². The van der Waals surface area contributed by atoms with Crippen LogP contribution in [-0.4, -0.2) is 73.4 Å². The minimum Gasteiger partial charge on any atom is -0.391 e. The molecule has 0 aromatic carbocycles. The lowest BCUT2D eigenvalue weighted by atomic mass is 10.0. The zero-order valence-corrected chi connectivity index (χ0v) is 53.0. The van der Waals surface area contributed by atoms with E-state index < -0.39 is 20.0 Å². The fraction of sp³-hybridized carbons (Fsp3) is 0.729. The maximum absolute atomic E-state index is 13.0.